The van der Waals surface area contributed by atoms with Gasteiger partial charge in [-0.05, 0) is 61.3 Å². The van der Waals surface area contributed by atoms with Crippen LogP contribution in [-0.2, 0) is 19.1 Å². The van der Waals surface area contributed by atoms with Crippen molar-refractivity contribution in [2.75, 3.05) is 18.5 Å². The van der Waals surface area contributed by atoms with Crippen molar-refractivity contribution in [2.45, 2.75) is 26.1 Å². The predicted octanol–water partition coefficient (Wildman–Crippen LogP) is 4.66. The zero-order valence-electron chi connectivity index (χ0n) is 14.5. The molecule has 2 aromatic carbocycles. The molecule has 0 aromatic heterocycles. The van der Waals surface area contributed by atoms with Crippen LogP contribution in [-0.4, -0.2) is 19.1 Å². The van der Waals surface area contributed by atoms with E-state index < -0.39 is 17.6 Å². The number of amides is 1. The first-order valence-electron chi connectivity index (χ1n) is 8.47. The minimum atomic E-state index is -4.48. The molecule has 0 fully saturated rings. The molecular weight excluding hydrogens is 381 g/mol. The minimum absolute atomic E-state index is 0.0970. The third-order valence-corrected chi connectivity index (χ3v) is 4.56. The first-order chi connectivity index (χ1) is 12.8. The van der Waals surface area contributed by atoms with Crippen molar-refractivity contribution in [1.82, 2.24) is 5.32 Å². The Morgan fingerprint density at radius 2 is 2.07 bits per heavy atom. The Kier molecular flexibility index (Phi) is 5.62. The zero-order valence-corrected chi connectivity index (χ0v) is 15.3. The number of benzene rings is 2. The number of halogens is 4. The summed E-state index contributed by atoms with van der Waals surface area (Å²) < 4.78 is 45.6. The van der Waals surface area contributed by atoms with Gasteiger partial charge in [0.15, 0.2) is 0 Å². The van der Waals surface area contributed by atoms with Crippen molar-refractivity contribution in [1.29, 1.82) is 0 Å². The van der Waals surface area contributed by atoms with Crippen LogP contribution in [0.4, 0.5) is 18.9 Å². The van der Waals surface area contributed by atoms with Crippen LogP contribution in [0.15, 0.2) is 30.3 Å². The summed E-state index contributed by atoms with van der Waals surface area (Å²) >= 11 is 6.07. The SMILES string of the molecule is CCOc1ccc(C(=O)Nc2cc3c(c(C(F)(F)F)c2)CCNC3)cc1Cl. The van der Waals surface area contributed by atoms with E-state index in [0.29, 0.717) is 37.4 Å². The molecule has 0 aliphatic carbocycles. The normalized spacial score (nSPS) is 13.8. The average Bonchev–Trinajstić information content (AvgIpc) is 2.62. The number of hydrogen-bond donors (Lipinski definition) is 2. The lowest BCUT2D eigenvalue weighted by atomic mass is 9.94. The van der Waals surface area contributed by atoms with Crippen molar-refractivity contribution in [3.8, 4) is 5.75 Å². The molecule has 0 saturated carbocycles. The molecule has 1 aliphatic rings. The molecule has 0 saturated heterocycles. The van der Waals surface area contributed by atoms with E-state index in [1.165, 1.54) is 12.1 Å². The molecule has 0 bridgehead atoms. The Balaban J connectivity index is 1.89. The number of carbonyl (C=O) groups is 1. The summed E-state index contributed by atoms with van der Waals surface area (Å²) in [6, 6.07) is 7.05. The van der Waals surface area contributed by atoms with Gasteiger partial charge in [-0.1, -0.05) is 11.6 Å². The van der Waals surface area contributed by atoms with Crippen LogP contribution in [0.2, 0.25) is 5.02 Å². The Hall–Kier alpha value is -2.25. The fourth-order valence-electron chi connectivity index (χ4n) is 3.06. The Morgan fingerprint density at radius 3 is 2.74 bits per heavy atom. The molecule has 1 aliphatic heterocycles. The highest BCUT2D eigenvalue weighted by Gasteiger charge is 2.35. The third-order valence-electron chi connectivity index (χ3n) is 4.27. The number of ether oxygens (including phenoxy) is 1. The Bertz CT molecular complexity index is 869. The van der Waals surface area contributed by atoms with E-state index in [-0.39, 0.29) is 21.8 Å². The highest BCUT2D eigenvalue weighted by Crippen LogP contribution is 2.37. The fraction of sp³-hybridized carbons (Fsp3) is 0.316. The standard InChI is InChI=1S/C19H18ClF3N2O2/c1-2-27-17-4-3-11(8-16(17)20)18(26)25-13-7-12-10-24-6-5-14(12)15(9-13)19(21,22)23/h3-4,7-9,24H,2,5-6,10H2,1H3,(H,25,26). The molecule has 0 unspecified atom stereocenters. The number of rotatable bonds is 4. The Morgan fingerprint density at radius 1 is 1.30 bits per heavy atom. The van der Waals surface area contributed by atoms with Gasteiger partial charge in [-0.25, -0.2) is 0 Å². The van der Waals surface area contributed by atoms with Crippen LogP contribution < -0.4 is 15.4 Å². The largest absolute Gasteiger partial charge is 0.492 e. The lowest BCUT2D eigenvalue weighted by Gasteiger charge is -2.23. The quantitative estimate of drug-likeness (QED) is 0.787. The van der Waals surface area contributed by atoms with E-state index in [2.05, 4.69) is 10.6 Å². The third kappa shape index (κ3) is 4.36. The molecule has 0 radical (unpaired) electrons. The average molecular weight is 399 g/mol. The van der Waals surface area contributed by atoms with Crippen LogP contribution in [0.25, 0.3) is 0 Å². The van der Waals surface area contributed by atoms with Crippen LogP contribution >= 0.6 is 11.6 Å². The summed E-state index contributed by atoms with van der Waals surface area (Å²) in [5.74, 6) is -0.105. The highest BCUT2D eigenvalue weighted by molar-refractivity contribution is 6.32. The lowest BCUT2D eigenvalue weighted by molar-refractivity contribution is -0.138. The Labute approximate surface area is 159 Å². The maximum Gasteiger partial charge on any atom is 0.416 e. The fourth-order valence-corrected chi connectivity index (χ4v) is 3.30. The monoisotopic (exact) mass is 398 g/mol. The summed E-state index contributed by atoms with van der Waals surface area (Å²) in [4.78, 5) is 12.5. The first-order valence-corrected chi connectivity index (χ1v) is 8.84. The van der Waals surface area contributed by atoms with Crippen LogP contribution in [0.1, 0.15) is 34.0 Å². The summed E-state index contributed by atoms with van der Waals surface area (Å²) in [6.45, 7) is 3.05. The van der Waals surface area contributed by atoms with Crippen molar-refractivity contribution < 1.29 is 22.7 Å². The molecule has 144 valence electrons. The van der Waals surface area contributed by atoms with Gasteiger partial charge in [0.25, 0.3) is 5.91 Å². The van der Waals surface area contributed by atoms with Crippen molar-refractivity contribution in [3.05, 3.63) is 57.6 Å². The molecule has 8 heteroatoms. The van der Waals surface area contributed by atoms with E-state index in [0.717, 1.165) is 6.07 Å². The maximum absolute atomic E-state index is 13.4. The van der Waals surface area contributed by atoms with Gasteiger partial charge in [0.2, 0.25) is 0 Å². The van der Waals surface area contributed by atoms with Gasteiger partial charge in [-0.3, -0.25) is 4.79 Å². The van der Waals surface area contributed by atoms with Crippen molar-refractivity contribution in [3.63, 3.8) is 0 Å². The number of hydrogen-bond acceptors (Lipinski definition) is 3. The van der Waals surface area contributed by atoms with Gasteiger partial charge in [0, 0.05) is 17.8 Å². The summed E-state index contributed by atoms with van der Waals surface area (Å²) in [5.41, 5.74) is 0.439. The lowest BCUT2D eigenvalue weighted by Crippen LogP contribution is -2.27. The van der Waals surface area contributed by atoms with Crippen LogP contribution in [0.3, 0.4) is 0 Å². The molecule has 27 heavy (non-hydrogen) atoms. The van der Waals surface area contributed by atoms with Crippen LogP contribution in [0, 0.1) is 0 Å². The zero-order chi connectivity index (χ0) is 19.6. The molecule has 0 atom stereocenters. The molecule has 0 spiro atoms. The number of fused-ring (bicyclic) bond motifs is 1. The molecule has 2 N–H and O–H groups in total. The molecule has 2 aromatic rings. The summed E-state index contributed by atoms with van der Waals surface area (Å²) in [7, 11) is 0. The second kappa shape index (κ2) is 7.78. The smallest absolute Gasteiger partial charge is 0.416 e. The molecule has 1 heterocycles. The van der Waals surface area contributed by atoms with E-state index in [1.54, 1.807) is 19.1 Å². The van der Waals surface area contributed by atoms with Gasteiger partial charge in [-0.15, -0.1) is 0 Å². The molecular formula is C19H18ClF3N2O2. The number of carbonyl (C=O) groups excluding carboxylic acids is 1. The van der Waals surface area contributed by atoms with Crippen molar-refractivity contribution >= 4 is 23.2 Å². The van der Waals surface area contributed by atoms with E-state index in [4.69, 9.17) is 16.3 Å². The van der Waals surface area contributed by atoms with E-state index in [9.17, 15) is 18.0 Å². The van der Waals surface area contributed by atoms with E-state index in [1.807, 2.05) is 0 Å². The first kappa shape index (κ1) is 19.5. The maximum atomic E-state index is 13.4. The highest BCUT2D eigenvalue weighted by atomic mass is 35.5. The van der Waals surface area contributed by atoms with Gasteiger partial charge in [0.1, 0.15) is 5.75 Å². The van der Waals surface area contributed by atoms with Gasteiger partial charge in [0.05, 0.1) is 17.2 Å². The molecule has 3 rings (SSSR count). The van der Waals surface area contributed by atoms with E-state index >= 15 is 0 Å². The minimum Gasteiger partial charge on any atom is -0.492 e. The van der Waals surface area contributed by atoms with Crippen molar-refractivity contribution in [2.24, 2.45) is 0 Å². The van der Waals surface area contributed by atoms with Gasteiger partial charge in [-0.2, -0.15) is 13.2 Å². The summed E-state index contributed by atoms with van der Waals surface area (Å²) in [6.07, 6.45) is -4.18. The number of nitrogens with one attached hydrogen (secondary N) is 2. The second-order valence-corrected chi connectivity index (χ2v) is 6.53. The summed E-state index contributed by atoms with van der Waals surface area (Å²) in [5, 5.41) is 5.84. The molecule has 4 nitrogen and oxygen atoms in total. The van der Waals surface area contributed by atoms with Gasteiger partial charge < -0.3 is 15.4 Å². The van der Waals surface area contributed by atoms with Crippen LogP contribution in [0.5, 0.6) is 5.75 Å². The topological polar surface area (TPSA) is 50.4 Å². The number of anilines is 1. The second-order valence-electron chi connectivity index (χ2n) is 6.12. The van der Waals surface area contributed by atoms with Gasteiger partial charge >= 0.3 is 6.18 Å². The predicted molar refractivity (Wildman–Crippen MR) is 97.4 cm³/mol. The number of alkyl halides is 3. The molecule has 1 amide bonds.